The summed E-state index contributed by atoms with van der Waals surface area (Å²) in [4.78, 5) is 11.7. The number of carbonyl (C=O) groups excluding carboxylic acids is 1. The summed E-state index contributed by atoms with van der Waals surface area (Å²) in [5, 5.41) is 4.51. The molecule has 0 saturated heterocycles. The summed E-state index contributed by atoms with van der Waals surface area (Å²) in [6.07, 6.45) is 1.52. The number of nitrogens with one attached hydrogen (secondary N) is 1. The number of amides is 1. The first kappa shape index (κ1) is 18.6. The van der Waals surface area contributed by atoms with Gasteiger partial charge in [-0.2, -0.15) is 5.10 Å². The van der Waals surface area contributed by atoms with Gasteiger partial charge in [-0.05, 0) is 55.0 Å². The molecular weight excluding hydrogens is 344 g/mol. The molecule has 2 aromatic carbocycles. The van der Waals surface area contributed by atoms with E-state index in [2.05, 4.69) is 10.5 Å². The molecule has 1 N–H and O–H groups in total. The predicted octanol–water partition coefficient (Wildman–Crippen LogP) is 3.28. The molecule has 0 fully saturated rings. The second-order valence-electron chi connectivity index (χ2n) is 4.88. The first-order chi connectivity index (χ1) is 12.1. The first-order valence-corrected chi connectivity index (χ1v) is 8.01. The van der Waals surface area contributed by atoms with E-state index >= 15 is 0 Å². The largest absolute Gasteiger partial charge is 0.493 e. The fraction of sp³-hybridized carbons (Fsp3) is 0.222. The minimum absolute atomic E-state index is 0.147. The topological polar surface area (TPSA) is 69.2 Å². The zero-order chi connectivity index (χ0) is 18.1. The van der Waals surface area contributed by atoms with Gasteiger partial charge >= 0.3 is 0 Å². The second-order valence-corrected chi connectivity index (χ2v) is 5.32. The molecule has 2 aromatic rings. The van der Waals surface area contributed by atoms with E-state index in [0.29, 0.717) is 28.9 Å². The molecule has 0 aliphatic carbocycles. The summed E-state index contributed by atoms with van der Waals surface area (Å²) in [5.41, 5.74) is 3.17. The van der Waals surface area contributed by atoms with E-state index < -0.39 is 0 Å². The Balaban J connectivity index is 1.86. The summed E-state index contributed by atoms with van der Waals surface area (Å²) in [5.74, 6) is 1.44. The molecule has 0 saturated carbocycles. The zero-order valence-electron chi connectivity index (χ0n) is 14.0. The number of rotatable bonds is 8. The van der Waals surface area contributed by atoms with Gasteiger partial charge in [0, 0.05) is 5.02 Å². The monoisotopic (exact) mass is 362 g/mol. The highest BCUT2D eigenvalue weighted by Gasteiger charge is 2.05. The van der Waals surface area contributed by atoms with Crippen molar-refractivity contribution in [2.45, 2.75) is 6.92 Å². The summed E-state index contributed by atoms with van der Waals surface area (Å²) in [7, 11) is 1.58. The van der Waals surface area contributed by atoms with Gasteiger partial charge in [-0.15, -0.1) is 0 Å². The number of hydrogen-bond donors (Lipinski definition) is 1. The molecule has 25 heavy (non-hydrogen) atoms. The van der Waals surface area contributed by atoms with E-state index in [9.17, 15) is 4.79 Å². The van der Waals surface area contributed by atoms with E-state index in [1.165, 1.54) is 6.21 Å². The molecule has 0 bridgehead atoms. The molecule has 2 rings (SSSR count). The molecule has 0 aliphatic heterocycles. The molecular formula is C18H19ClN2O4. The van der Waals surface area contributed by atoms with Crippen LogP contribution >= 0.6 is 11.6 Å². The standard InChI is InChI=1S/C18H19ClN2O4/c1-3-24-17-10-13(4-9-16(17)23-2)11-20-21-18(22)12-25-15-7-5-14(19)6-8-15/h4-11H,3,12H2,1-2H3,(H,21,22)/b20-11+. The number of benzene rings is 2. The van der Waals surface area contributed by atoms with Crippen LogP contribution in [0.3, 0.4) is 0 Å². The van der Waals surface area contributed by atoms with Gasteiger partial charge in [0.15, 0.2) is 18.1 Å². The lowest BCUT2D eigenvalue weighted by molar-refractivity contribution is -0.123. The highest BCUT2D eigenvalue weighted by atomic mass is 35.5. The van der Waals surface area contributed by atoms with Crippen molar-refractivity contribution in [3.05, 3.63) is 53.1 Å². The summed E-state index contributed by atoms with van der Waals surface area (Å²) in [6, 6.07) is 12.1. The lowest BCUT2D eigenvalue weighted by Gasteiger charge is -2.09. The van der Waals surface area contributed by atoms with Crippen LogP contribution in [0.1, 0.15) is 12.5 Å². The molecule has 0 aliphatic rings. The number of nitrogens with zero attached hydrogens (tertiary/aromatic N) is 1. The Bertz CT molecular complexity index is 732. The normalized spacial score (nSPS) is 10.5. The second kappa shape index (κ2) is 9.54. The maximum atomic E-state index is 11.7. The molecule has 0 atom stereocenters. The molecule has 1 amide bonds. The highest BCUT2D eigenvalue weighted by molar-refractivity contribution is 6.30. The SMILES string of the molecule is CCOc1cc(/C=N/NC(=O)COc2ccc(Cl)cc2)ccc1OC. The molecule has 6 nitrogen and oxygen atoms in total. The maximum Gasteiger partial charge on any atom is 0.277 e. The minimum Gasteiger partial charge on any atom is -0.493 e. The smallest absolute Gasteiger partial charge is 0.277 e. The molecule has 132 valence electrons. The van der Waals surface area contributed by atoms with Crippen molar-refractivity contribution in [3.8, 4) is 17.2 Å². The van der Waals surface area contributed by atoms with Crippen LogP contribution in [0.4, 0.5) is 0 Å². The number of hydrogen-bond acceptors (Lipinski definition) is 5. The lowest BCUT2D eigenvalue weighted by atomic mass is 10.2. The van der Waals surface area contributed by atoms with E-state index in [4.69, 9.17) is 25.8 Å². The average Bonchev–Trinajstić information content (AvgIpc) is 2.62. The van der Waals surface area contributed by atoms with Gasteiger partial charge in [-0.25, -0.2) is 5.43 Å². The van der Waals surface area contributed by atoms with Crippen molar-refractivity contribution < 1.29 is 19.0 Å². The van der Waals surface area contributed by atoms with Crippen molar-refractivity contribution >= 4 is 23.7 Å². The maximum absolute atomic E-state index is 11.7. The quantitative estimate of drug-likeness (QED) is 0.578. The molecule has 7 heteroatoms. The number of hydrazone groups is 1. The molecule has 0 heterocycles. The number of halogens is 1. The van der Waals surface area contributed by atoms with Crippen molar-refractivity contribution in [2.24, 2.45) is 5.10 Å². The van der Waals surface area contributed by atoms with Crippen LogP contribution in [0.5, 0.6) is 17.2 Å². The zero-order valence-corrected chi connectivity index (χ0v) is 14.7. The van der Waals surface area contributed by atoms with Crippen LogP contribution in [0.2, 0.25) is 5.02 Å². The van der Waals surface area contributed by atoms with Gasteiger partial charge in [0.1, 0.15) is 5.75 Å². The summed E-state index contributed by atoms with van der Waals surface area (Å²) >= 11 is 5.78. The van der Waals surface area contributed by atoms with Gasteiger partial charge in [-0.1, -0.05) is 11.6 Å². The van der Waals surface area contributed by atoms with Crippen LogP contribution in [0.15, 0.2) is 47.6 Å². The van der Waals surface area contributed by atoms with Gasteiger partial charge in [0.05, 0.1) is 19.9 Å². The predicted molar refractivity (Wildman–Crippen MR) is 96.8 cm³/mol. The molecule has 0 spiro atoms. The highest BCUT2D eigenvalue weighted by Crippen LogP contribution is 2.27. The Morgan fingerprint density at radius 1 is 1.16 bits per heavy atom. The third-order valence-corrected chi connectivity index (χ3v) is 3.33. The van der Waals surface area contributed by atoms with Crippen molar-refractivity contribution in [1.29, 1.82) is 0 Å². The number of ether oxygens (including phenoxy) is 3. The molecule has 0 unspecified atom stereocenters. The van der Waals surface area contributed by atoms with Crippen LogP contribution < -0.4 is 19.6 Å². The Morgan fingerprint density at radius 3 is 2.60 bits per heavy atom. The number of methoxy groups -OCH3 is 1. The summed E-state index contributed by atoms with van der Waals surface area (Å²) < 4.78 is 16.0. The average molecular weight is 363 g/mol. The van der Waals surface area contributed by atoms with Crippen LogP contribution in [-0.4, -0.2) is 32.4 Å². The van der Waals surface area contributed by atoms with Gasteiger partial charge < -0.3 is 14.2 Å². The van der Waals surface area contributed by atoms with Crippen LogP contribution in [0, 0.1) is 0 Å². The minimum atomic E-state index is -0.371. The van der Waals surface area contributed by atoms with E-state index in [1.807, 2.05) is 6.92 Å². The number of carbonyl (C=O) groups is 1. The van der Waals surface area contributed by atoms with E-state index in [0.717, 1.165) is 5.56 Å². The van der Waals surface area contributed by atoms with Crippen LogP contribution in [-0.2, 0) is 4.79 Å². The first-order valence-electron chi connectivity index (χ1n) is 7.63. The van der Waals surface area contributed by atoms with Crippen molar-refractivity contribution in [1.82, 2.24) is 5.43 Å². The van der Waals surface area contributed by atoms with Crippen molar-refractivity contribution in [3.63, 3.8) is 0 Å². The Labute approximate surface area is 151 Å². The fourth-order valence-corrected chi connectivity index (χ4v) is 2.06. The Hall–Kier alpha value is -2.73. The van der Waals surface area contributed by atoms with E-state index in [-0.39, 0.29) is 12.5 Å². The van der Waals surface area contributed by atoms with Gasteiger partial charge in [0.2, 0.25) is 0 Å². The van der Waals surface area contributed by atoms with Gasteiger partial charge in [-0.3, -0.25) is 4.79 Å². The Morgan fingerprint density at radius 2 is 1.92 bits per heavy atom. The van der Waals surface area contributed by atoms with Crippen molar-refractivity contribution in [2.75, 3.05) is 20.3 Å². The summed E-state index contributed by atoms with van der Waals surface area (Å²) in [6.45, 7) is 2.27. The molecule has 0 aromatic heterocycles. The fourth-order valence-electron chi connectivity index (χ4n) is 1.93. The third kappa shape index (κ3) is 6.00. The lowest BCUT2D eigenvalue weighted by Crippen LogP contribution is -2.24. The van der Waals surface area contributed by atoms with E-state index in [1.54, 1.807) is 49.6 Å². The van der Waals surface area contributed by atoms with Gasteiger partial charge in [0.25, 0.3) is 5.91 Å². The molecule has 0 radical (unpaired) electrons. The van der Waals surface area contributed by atoms with Crippen LogP contribution in [0.25, 0.3) is 0 Å². The Kier molecular flexibility index (Phi) is 7.10. The third-order valence-electron chi connectivity index (χ3n) is 3.07.